The summed E-state index contributed by atoms with van der Waals surface area (Å²) in [5.74, 6) is -2.20. The minimum absolute atomic E-state index is 0.0446. The van der Waals surface area contributed by atoms with Gasteiger partial charge in [0.25, 0.3) is 0 Å². The van der Waals surface area contributed by atoms with Crippen molar-refractivity contribution in [2.24, 2.45) is 27.8 Å². The van der Waals surface area contributed by atoms with Crippen LogP contribution in [0.2, 0.25) is 0 Å². The number of ketones is 1. The lowest BCUT2D eigenvalue weighted by Crippen LogP contribution is -2.70. The molecule has 34 heavy (non-hydrogen) atoms. The van der Waals surface area contributed by atoms with Gasteiger partial charge in [-0.15, -0.1) is 0 Å². The molecule has 0 aromatic carbocycles. The number of hydrogen-bond acceptors (Lipinski definition) is 7. The van der Waals surface area contributed by atoms with E-state index in [1.54, 1.807) is 19.9 Å². The molecule has 0 unspecified atom stereocenters. The van der Waals surface area contributed by atoms with Crippen LogP contribution >= 0.6 is 0 Å². The van der Waals surface area contributed by atoms with Gasteiger partial charge in [0, 0.05) is 16.7 Å². The highest BCUT2D eigenvalue weighted by Crippen LogP contribution is 2.72. The van der Waals surface area contributed by atoms with Crippen LogP contribution in [0.3, 0.4) is 0 Å². The average molecular weight is 478 g/mol. The molecule has 1 saturated heterocycles. The van der Waals surface area contributed by atoms with E-state index >= 15 is 4.39 Å². The fourth-order valence-corrected chi connectivity index (χ4v) is 8.13. The Morgan fingerprint density at radius 2 is 2.03 bits per heavy atom. The van der Waals surface area contributed by atoms with Gasteiger partial charge in [-0.25, -0.2) is 4.39 Å². The number of alkyl halides is 1. The molecule has 0 amide bonds. The first-order chi connectivity index (χ1) is 15.9. The summed E-state index contributed by atoms with van der Waals surface area (Å²) < 4.78 is 29.9. The normalized spacial score (nSPS) is 49.6. The van der Waals surface area contributed by atoms with E-state index in [1.165, 1.54) is 0 Å². The summed E-state index contributed by atoms with van der Waals surface area (Å²) in [6.07, 6.45) is 5.22. The lowest BCUT2D eigenvalue weighted by atomic mass is 9.44. The smallest absolute Gasteiger partial charge is 0.193 e. The van der Waals surface area contributed by atoms with E-state index in [0.717, 1.165) is 5.57 Å². The molecule has 0 aromatic rings. The van der Waals surface area contributed by atoms with Gasteiger partial charge in [-0.1, -0.05) is 23.7 Å². The Balaban J connectivity index is 1.58. The maximum Gasteiger partial charge on any atom is 0.193 e. The molecule has 0 bridgehead atoms. The van der Waals surface area contributed by atoms with Crippen LogP contribution in [0.15, 0.2) is 29.0 Å². The second-order valence-corrected chi connectivity index (χ2v) is 11.5. The highest BCUT2D eigenvalue weighted by Gasteiger charge is 2.79. The van der Waals surface area contributed by atoms with Crippen LogP contribution in [0.4, 0.5) is 4.39 Å². The second-order valence-electron chi connectivity index (χ2n) is 11.5. The fourth-order valence-electron chi connectivity index (χ4n) is 8.13. The van der Waals surface area contributed by atoms with Crippen molar-refractivity contribution in [2.45, 2.75) is 89.6 Å². The van der Waals surface area contributed by atoms with Crippen LogP contribution in [0.1, 0.15) is 60.3 Å². The summed E-state index contributed by atoms with van der Waals surface area (Å²) in [5, 5.41) is 25.5. The minimum atomic E-state index is -1.92. The van der Waals surface area contributed by atoms with Crippen LogP contribution in [-0.4, -0.2) is 64.2 Å². The number of hydrogen-bond donors (Lipinski definition) is 2. The number of fused-ring (bicyclic) bond motifs is 7. The molecule has 188 valence electrons. The number of rotatable bonds is 4. The van der Waals surface area contributed by atoms with Crippen molar-refractivity contribution in [3.8, 4) is 0 Å². The second kappa shape index (κ2) is 7.45. The lowest BCUT2D eigenvalue weighted by molar-refractivity contribution is -0.246. The number of Topliss-reactive ketones (excluding diaryl/α,β-unsaturated/α-hetero) is 1. The van der Waals surface area contributed by atoms with Gasteiger partial charge >= 0.3 is 0 Å². The van der Waals surface area contributed by atoms with Gasteiger partial charge in [-0.05, 0) is 71.4 Å². The predicted octanol–water partition coefficient (Wildman–Crippen LogP) is 3.24. The maximum atomic E-state index is 17.4. The Hall–Kier alpha value is -1.61. The van der Waals surface area contributed by atoms with Crippen molar-refractivity contribution in [1.29, 1.82) is 0 Å². The number of carbonyl (C=O) groups excluding carboxylic acids is 1. The first kappa shape index (κ1) is 24.1. The first-order valence-electron chi connectivity index (χ1n) is 12.4. The van der Waals surface area contributed by atoms with Crippen molar-refractivity contribution in [2.75, 3.05) is 13.2 Å². The van der Waals surface area contributed by atoms with E-state index in [0.29, 0.717) is 31.6 Å². The summed E-state index contributed by atoms with van der Waals surface area (Å²) >= 11 is 0. The molecule has 0 radical (unpaired) electrons. The summed E-state index contributed by atoms with van der Waals surface area (Å²) in [7, 11) is 0. The Morgan fingerprint density at radius 1 is 1.29 bits per heavy atom. The molecule has 4 fully saturated rings. The molecule has 8 heteroatoms. The average Bonchev–Trinajstić information content (AvgIpc) is 3.18. The van der Waals surface area contributed by atoms with Crippen LogP contribution in [0, 0.1) is 22.7 Å². The van der Waals surface area contributed by atoms with Gasteiger partial charge in [0.1, 0.15) is 18.9 Å². The molecule has 1 heterocycles. The van der Waals surface area contributed by atoms with Crippen LogP contribution < -0.4 is 0 Å². The zero-order chi connectivity index (χ0) is 24.7. The van der Waals surface area contributed by atoms with E-state index in [-0.39, 0.29) is 12.3 Å². The highest BCUT2D eigenvalue weighted by atomic mass is 19.1. The summed E-state index contributed by atoms with van der Waals surface area (Å²) in [6.45, 7) is 8.88. The Kier molecular flexibility index (Phi) is 5.28. The summed E-state index contributed by atoms with van der Waals surface area (Å²) in [6, 6.07) is 0. The lowest BCUT2D eigenvalue weighted by Gasteiger charge is -2.62. The largest absolute Gasteiger partial charge is 0.396 e. The summed E-state index contributed by atoms with van der Waals surface area (Å²) in [5.41, 5.74) is -3.68. The molecule has 7 nitrogen and oxygen atoms in total. The van der Waals surface area contributed by atoms with Crippen LogP contribution in [0.5, 0.6) is 0 Å². The Labute approximate surface area is 200 Å². The molecule has 1 aliphatic heterocycles. The summed E-state index contributed by atoms with van der Waals surface area (Å²) in [4.78, 5) is 18.4. The molecular weight excluding hydrogens is 441 g/mol. The van der Waals surface area contributed by atoms with E-state index in [2.05, 4.69) is 5.16 Å². The number of nitrogens with zero attached hydrogens (tertiary/aromatic N) is 1. The van der Waals surface area contributed by atoms with Crippen molar-refractivity contribution in [1.82, 2.24) is 0 Å². The molecule has 4 aliphatic carbocycles. The zero-order valence-electron chi connectivity index (χ0n) is 20.6. The molecule has 3 saturated carbocycles. The fraction of sp³-hybridized carbons (Fsp3) is 0.769. The third-order valence-corrected chi connectivity index (χ3v) is 9.50. The van der Waals surface area contributed by atoms with Gasteiger partial charge in [0.05, 0.1) is 12.2 Å². The first-order valence-corrected chi connectivity index (χ1v) is 12.4. The third-order valence-electron chi connectivity index (χ3n) is 9.50. The molecule has 5 rings (SSSR count). The SMILES string of the molecule is CCO/N=C1/C=C[C@]2(C)C(=C1)CC[C@H]1[C@@H]3C[C@H]4OC(C)(C)O[C@]4(C(=O)CO)[C@]3(C)C[C@H](O)[C@]12F. The Morgan fingerprint density at radius 3 is 2.71 bits per heavy atom. The van der Waals surface area contributed by atoms with E-state index in [4.69, 9.17) is 14.3 Å². The van der Waals surface area contributed by atoms with Crippen molar-refractivity contribution < 1.29 is 33.7 Å². The number of ether oxygens (including phenoxy) is 2. The maximum absolute atomic E-state index is 17.4. The number of allylic oxidation sites excluding steroid dienone is 4. The molecule has 5 aliphatic rings. The van der Waals surface area contributed by atoms with Gasteiger partial charge in [-0.3, -0.25) is 4.79 Å². The monoisotopic (exact) mass is 477 g/mol. The molecule has 0 aromatic heterocycles. The van der Waals surface area contributed by atoms with Gasteiger partial charge in [-0.2, -0.15) is 0 Å². The molecule has 0 spiro atoms. The number of aliphatic hydroxyl groups is 2. The van der Waals surface area contributed by atoms with E-state index < -0.39 is 58.4 Å². The number of halogens is 1. The topological polar surface area (TPSA) is 97.6 Å². The van der Waals surface area contributed by atoms with Crippen molar-refractivity contribution in [3.05, 3.63) is 23.8 Å². The molecular formula is C26H36FNO6. The van der Waals surface area contributed by atoms with Gasteiger partial charge in [0.15, 0.2) is 22.8 Å². The van der Waals surface area contributed by atoms with Gasteiger partial charge in [0.2, 0.25) is 0 Å². The van der Waals surface area contributed by atoms with Crippen LogP contribution in [-0.2, 0) is 19.1 Å². The minimum Gasteiger partial charge on any atom is -0.396 e. The van der Waals surface area contributed by atoms with E-state index in [1.807, 2.05) is 32.9 Å². The van der Waals surface area contributed by atoms with Crippen LogP contribution in [0.25, 0.3) is 0 Å². The van der Waals surface area contributed by atoms with Gasteiger partial charge < -0.3 is 24.5 Å². The molecule has 8 atom stereocenters. The third kappa shape index (κ3) is 2.77. The standard InChI is InChI=1S/C26H36FNO6/c1-6-32-28-16-9-10-23(4)15(11-16)7-8-17-18-12-21-26(20(31)14-29,34-22(2,3)33-21)24(18,5)13-19(30)25(17,23)27/h9-11,17-19,21,29-30H,6-8,12-14H2,1-5H3/b28-16-/t17-,18-,19-,21+,23+,24+,25+,26-/m0/s1. The quantitative estimate of drug-likeness (QED) is 0.604. The number of carbonyl (C=O) groups is 1. The predicted molar refractivity (Wildman–Crippen MR) is 123 cm³/mol. The number of oxime groups is 1. The number of aliphatic hydroxyl groups excluding tert-OH is 2. The van der Waals surface area contributed by atoms with Crippen molar-refractivity contribution >= 4 is 11.5 Å². The zero-order valence-corrected chi connectivity index (χ0v) is 20.6. The molecule has 2 N–H and O–H groups in total. The van der Waals surface area contributed by atoms with Crippen molar-refractivity contribution in [3.63, 3.8) is 0 Å². The highest BCUT2D eigenvalue weighted by molar-refractivity contribution is 6.05. The Bertz CT molecular complexity index is 992. The van der Waals surface area contributed by atoms with E-state index in [9.17, 15) is 15.0 Å².